The zero-order valence-electron chi connectivity index (χ0n) is 12.8. The molecule has 0 aliphatic rings. The van der Waals surface area contributed by atoms with Crippen LogP contribution in [-0.4, -0.2) is 13.7 Å². The number of hydrogen-bond acceptors (Lipinski definition) is 2. The Bertz CT molecular complexity index is 580. The fraction of sp³-hybridized carbons (Fsp3) is 0.333. The number of methoxy groups -OCH3 is 1. The summed E-state index contributed by atoms with van der Waals surface area (Å²) in [5, 5.41) is 4.35. The van der Waals surface area contributed by atoms with E-state index in [4.69, 9.17) is 16.3 Å². The van der Waals surface area contributed by atoms with Gasteiger partial charge in [0.05, 0.1) is 7.11 Å². The van der Waals surface area contributed by atoms with E-state index in [2.05, 4.69) is 37.4 Å². The summed E-state index contributed by atoms with van der Waals surface area (Å²) in [4.78, 5) is 0. The van der Waals surface area contributed by atoms with Gasteiger partial charge in [-0.25, -0.2) is 0 Å². The Kier molecular flexibility index (Phi) is 5.66. The first kappa shape index (κ1) is 15.9. The fourth-order valence-electron chi connectivity index (χ4n) is 2.57. The van der Waals surface area contributed by atoms with E-state index in [-0.39, 0.29) is 0 Å². The number of nitrogens with one attached hydrogen (secondary N) is 1. The first-order valence-electron chi connectivity index (χ1n) is 7.26. The molecule has 0 saturated heterocycles. The van der Waals surface area contributed by atoms with Gasteiger partial charge >= 0.3 is 0 Å². The lowest BCUT2D eigenvalue weighted by Gasteiger charge is -2.21. The van der Waals surface area contributed by atoms with Crippen LogP contribution in [0.25, 0.3) is 0 Å². The molecule has 0 amide bonds. The summed E-state index contributed by atoms with van der Waals surface area (Å²) in [6.45, 7) is 5.18. The molecular weight excluding hydrogens is 282 g/mol. The van der Waals surface area contributed by atoms with Crippen molar-refractivity contribution in [3.05, 3.63) is 64.2 Å². The second kappa shape index (κ2) is 7.48. The first-order chi connectivity index (χ1) is 10.1. The van der Waals surface area contributed by atoms with Crippen LogP contribution in [-0.2, 0) is 6.42 Å². The molecule has 0 spiro atoms. The maximum atomic E-state index is 6.06. The van der Waals surface area contributed by atoms with Crippen LogP contribution in [0.15, 0.2) is 42.5 Å². The second-order valence-corrected chi connectivity index (χ2v) is 5.60. The number of aryl methyl sites for hydroxylation is 1. The number of benzene rings is 2. The van der Waals surface area contributed by atoms with Gasteiger partial charge in [-0.2, -0.15) is 0 Å². The van der Waals surface area contributed by atoms with Crippen LogP contribution in [0.1, 0.15) is 29.7 Å². The number of halogens is 1. The van der Waals surface area contributed by atoms with Crippen molar-refractivity contribution in [1.29, 1.82) is 0 Å². The lowest BCUT2D eigenvalue weighted by atomic mass is 9.95. The zero-order valence-corrected chi connectivity index (χ0v) is 13.6. The molecule has 0 aromatic heterocycles. The molecule has 1 atom stereocenters. The van der Waals surface area contributed by atoms with E-state index >= 15 is 0 Å². The highest BCUT2D eigenvalue weighted by Gasteiger charge is 2.13. The van der Waals surface area contributed by atoms with E-state index in [9.17, 15) is 0 Å². The van der Waals surface area contributed by atoms with Crippen molar-refractivity contribution in [3.8, 4) is 5.75 Å². The van der Waals surface area contributed by atoms with Crippen molar-refractivity contribution < 1.29 is 4.74 Å². The molecule has 0 saturated carbocycles. The third-order valence-corrected chi connectivity index (χ3v) is 3.89. The fourth-order valence-corrected chi connectivity index (χ4v) is 2.79. The van der Waals surface area contributed by atoms with Gasteiger partial charge in [-0.1, -0.05) is 36.7 Å². The summed E-state index contributed by atoms with van der Waals surface area (Å²) in [6, 6.07) is 14.6. The molecular formula is C18H22ClNO. The largest absolute Gasteiger partial charge is 0.497 e. The van der Waals surface area contributed by atoms with Gasteiger partial charge in [-0.3, -0.25) is 0 Å². The first-order valence-corrected chi connectivity index (χ1v) is 7.64. The molecule has 2 nitrogen and oxygen atoms in total. The van der Waals surface area contributed by atoms with E-state index in [0.717, 1.165) is 23.7 Å². The van der Waals surface area contributed by atoms with Crippen molar-refractivity contribution in [2.75, 3.05) is 13.7 Å². The highest BCUT2D eigenvalue weighted by molar-refractivity contribution is 6.30. The summed E-state index contributed by atoms with van der Waals surface area (Å²) in [5.41, 5.74) is 3.81. The minimum Gasteiger partial charge on any atom is -0.497 e. The van der Waals surface area contributed by atoms with E-state index in [0.29, 0.717) is 6.04 Å². The van der Waals surface area contributed by atoms with Crippen LogP contribution < -0.4 is 10.1 Å². The van der Waals surface area contributed by atoms with Gasteiger partial charge in [0.2, 0.25) is 0 Å². The highest BCUT2D eigenvalue weighted by Crippen LogP contribution is 2.25. The van der Waals surface area contributed by atoms with Crippen molar-refractivity contribution in [2.45, 2.75) is 26.3 Å². The predicted octanol–water partition coefficient (Wildman–Crippen LogP) is 4.55. The number of hydrogen-bond donors (Lipinski definition) is 1. The average Bonchev–Trinajstić information content (AvgIpc) is 2.48. The van der Waals surface area contributed by atoms with Crippen molar-refractivity contribution in [1.82, 2.24) is 5.32 Å². The second-order valence-electron chi connectivity index (χ2n) is 5.16. The summed E-state index contributed by atoms with van der Waals surface area (Å²) in [5.74, 6) is 0.890. The van der Waals surface area contributed by atoms with Gasteiger partial charge in [-0.05, 0) is 60.8 Å². The minimum absolute atomic E-state index is 0.292. The van der Waals surface area contributed by atoms with Gasteiger partial charge in [-0.15, -0.1) is 0 Å². The van der Waals surface area contributed by atoms with Crippen LogP contribution >= 0.6 is 11.6 Å². The Morgan fingerprint density at radius 3 is 2.43 bits per heavy atom. The Balaban J connectivity index is 2.21. The molecule has 0 aliphatic heterocycles. The Hall–Kier alpha value is -1.51. The van der Waals surface area contributed by atoms with Gasteiger partial charge in [0.25, 0.3) is 0 Å². The molecule has 3 heteroatoms. The Morgan fingerprint density at radius 1 is 1.14 bits per heavy atom. The summed E-state index contributed by atoms with van der Waals surface area (Å²) in [7, 11) is 1.69. The predicted molar refractivity (Wildman–Crippen MR) is 89.3 cm³/mol. The van der Waals surface area contributed by atoms with Crippen LogP contribution in [0.4, 0.5) is 0 Å². The molecule has 2 rings (SSSR count). The molecule has 0 aliphatic carbocycles. The standard InChI is InChI=1S/C18H22ClNO/c1-4-20-18(17-10-7-15(19)11-13(17)2)12-14-5-8-16(21-3)9-6-14/h5-11,18,20H,4,12H2,1-3H3. The maximum Gasteiger partial charge on any atom is 0.118 e. The smallest absolute Gasteiger partial charge is 0.118 e. The van der Waals surface area contributed by atoms with Gasteiger partial charge < -0.3 is 10.1 Å². The number of likely N-dealkylation sites (N-methyl/N-ethyl adjacent to an activating group) is 1. The zero-order chi connectivity index (χ0) is 15.2. The molecule has 0 radical (unpaired) electrons. The SMILES string of the molecule is CCNC(Cc1ccc(OC)cc1)c1ccc(Cl)cc1C. The quantitative estimate of drug-likeness (QED) is 0.845. The van der Waals surface area contributed by atoms with Crippen molar-refractivity contribution in [3.63, 3.8) is 0 Å². The maximum absolute atomic E-state index is 6.06. The van der Waals surface area contributed by atoms with Gasteiger partial charge in [0.15, 0.2) is 0 Å². The normalized spacial score (nSPS) is 12.2. The monoisotopic (exact) mass is 303 g/mol. The van der Waals surface area contributed by atoms with Crippen LogP contribution in [0.2, 0.25) is 5.02 Å². The van der Waals surface area contributed by atoms with E-state index in [1.165, 1.54) is 16.7 Å². The topological polar surface area (TPSA) is 21.3 Å². The molecule has 2 aromatic carbocycles. The summed E-state index contributed by atoms with van der Waals surface area (Å²) >= 11 is 6.06. The van der Waals surface area contributed by atoms with E-state index in [1.54, 1.807) is 7.11 Å². The van der Waals surface area contributed by atoms with Crippen LogP contribution in [0.3, 0.4) is 0 Å². The molecule has 0 fully saturated rings. The van der Waals surface area contributed by atoms with Crippen LogP contribution in [0.5, 0.6) is 5.75 Å². The molecule has 1 N–H and O–H groups in total. The van der Waals surface area contributed by atoms with E-state index < -0.39 is 0 Å². The molecule has 112 valence electrons. The number of rotatable bonds is 6. The number of ether oxygens (including phenoxy) is 1. The van der Waals surface area contributed by atoms with Crippen molar-refractivity contribution in [2.24, 2.45) is 0 Å². The Morgan fingerprint density at radius 2 is 1.86 bits per heavy atom. The van der Waals surface area contributed by atoms with E-state index in [1.807, 2.05) is 24.3 Å². The summed E-state index contributed by atoms with van der Waals surface area (Å²) < 4.78 is 5.21. The molecule has 21 heavy (non-hydrogen) atoms. The Labute approximate surface area is 132 Å². The third kappa shape index (κ3) is 4.23. The van der Waals surface area contributed by atoms with Gasteiger partial charge in [0.1, 0.15) is 5.75 Å². The lowest BCUT2D eigenvalue weighted by Crippen LogP contribution is -2.23. The minimum atomic E-state index is 0.292. The van der Waals surface area contributed by atoms with Crippen molar-refractivity contribution >= 4 is 11.6 Å². The molecule has 0 heterocycles. The lowest BCUT2D eigenvalue weighted by molar-refractivity contribution is 0.414. The molecule has 2 aromatic rings. The summed E-state index contributed by atoms with van der Waals surface area (Å²) in [6.07, 6.45) is 0.945. The van der Waals surface area contributed by atoms with Gasteiger partial charge in [0, 0.05) is 11.1 Å². The highest BCUT2D eigenvalue weighted by atomic mass is 35.5. The molecule has 1 unspecified atom stereocenters. The average molecular weight is 304 g/mol. The van der Waals surface area contributed by atoms with Crippen LogP contribution in [0, 0.1) is 6.92 Å². The molecule has 0 bridgehead atoms. The third-order valence-electron chi connectivity index (χ3n) is 3.66.